The van der Waals surface area contributed by atoms with Crippen LogP contribution in [0, 0.1) is 0 Å². The van der Waals surface area contributed by atoms with E-state index in [0.717, 1.165) is 49.4 Å². The van der Waals surface area contributed by atoms with Crippen molar-refractivity contribution < 1.29 is 9.15 Å². The molecule has 4 nitrogen and oxygen atoms in total. The SMILES string of the molecule is CC(c1ccc(Br)o1)N1CCC(OCCCN)CC1. The Balaban J connectivity index is 1.76. The molecule has 2 heterocycles. The summed E-state index contributed by atoms with van der Waals surface area (Å²) in [5.41, 5.74) is 5.47. The zero-order valence-electron chi connectivity index (χ0n) is 11.5. The number of hydrogen-bond donors (Lipinski definition) is 1. The number of furan rings is 1. The predicted molar refractivity (Wildman–Crippen MR) is 79.0 cm³/mol. The third kappa shape index (κ3) is 4.31. The first-order valence-corrected chi connectivity index (χ1v) is 7.81. The van der Waals surface area contributed by atoms with Gasteiger partial charge >= 0.3 is 0 Å². The fourth-order valence-electron chi connectivity index (χ4n) is 2.50. The Labute approximate surface area is 123 Å². The van der Waals surface area contributed by atoms with Gasteiger partial charge in [-0.2, -0.15) is 0 Å². The summed E-state index contributed by atoms with van der Waals surface area (Å²) in [7, 11) is 0. The molecule has 0 amide bonds. The van der Waals surface area contributed by atoms with Crippen LogP contribution in [0.15, 0.2) is 21.2 Å². The van der Waals surface area contributed by atoms with Gasteiger partial charge in [-0.1, -0.05) is 0 Å². The molecule has 2 rings (SSSR count). The van der Waals surface area contributed by atoms with Crippen LogP contribution in [0.2, 0.25) is 0 Å². The van der Waals surface area contributed by atoms with E-state index in [9.17, 15) is 0 Å². The maximum atomic E-state index is 5.82. The first-order chi connectivity index (χ1) is 9.20. The highest BCUT2D eigenvalue weighted by atomic mass is 79.9. The van der Waals surface area contributed by atoms with Crippen LogP contribution in [0.5, 0.6) is 0 Å². The van der Waals surface area contributed by atoms with Gasteiger partial charge in [-0.05, 0) is 60.8 Å². The monoisotopic (exact) mass is 330 g/mol. The fourth-order valence-corrected chi connectivity index (χ4v) is 2.81. The molecule has 5 heteroatoms. The number of hydrogen-bond acceptors (Lipinski definition) is 4. The normalized spacial score (nSPS) is 19.7. The number of halogens is 1. The van der Waals surface area contributed by atoms with Gasteiger partial charge in [0.15, 0.2) is 4.67 Å². The first-order valence-electron chi connectivity index (χ1n) is 7.01. The maximum absolute atomic E-state index is 5.82. The molecule has 1 fully saturated rings. The molecule has 0 radical (unpaired) electrons. The van der Waals surface area contributed by atoms with Gasteiger partial charge in [-0.25, -0.2) is 0 Å². The second-order valence-electron chi connectivity index (χ2n) is 5.07. The quantitative estimate of drug-likeness (QED) is 0.815. The molecule has 19 heavy (non-hydrogen) atoms. The van der Waals surface area contributed by atoms with Gasteiger partial charge in [0.1, 0.15) is 5.76 Å². The molecule has 1 aromatic rings. The third-order valence-corrected chi connectivity index (χ3v) is 4.16. The van der Waals surface area contributed by atoms with Gasteiger partial charge in [-0.3, -0.25) is 4.90 Å². The summed E-state index contributed by atoms with van der Waals surface area (Å²) >= 11 is 3.35. The molecule has 2 N–H and O–H groups in total. The smallest absolute Gasteiger partial charge is 0.169 e. The lowest BCUT2D eigenvalue weighted by Gasteiger charge is -2.35. The van der Waals surface area contributed by atoms with Gasteiger partial charge in [0.2, 0.25) is 0 Å². The maximum Gasteiger partial charge on any atom is 0.169 e. The summed E-state index contributed by atoms with van der Waals surface area (Å²) in [5, 5.41) is 0. The van der Waals surface area contributed by atoms with E-state index in [1.807, 2.05) is 12.1 Å². The largest absolute Gasteiger partial charge is 0.453 e. The Hall–Kier alpha value is -0.360. The minimum atomic E-state index is 0.330. The minimum absolute atomic E-state index is 0.330. The third-order valence-electron chi connectivity index (χ3n) is 3.73. The average molecular weight is 331 g/mol. The van der Waals surface area contributed by atoms with Gasteiger partial charge in [-0.15, -0.1) is 0 Å². The van der Waals surface area contributed by atoms with Crippen molar-refractivity contribution in [3.05, 3.63) is 22.6 Å². The number of ether oxygens (including phenoxy) is 1. The molecule has 0 spiro atoms. The van der Waals surface area contributed by atoms with E-state index in [4.69, 9.17) is 14.9 Å². The number of nitrogens with zero attached hydrogens (tertiary/aromatic N) is 1. The zero-order chi connectivity index (χ0) is 13.7. The van der Waals surface area contributed by atoms with Crippen molar-refractivity contribution in [3.63, 3.8) is 0 Å². The number of rotatable bonds is 6. The highest BCUT2D eigenvalue weighted by Crippen LogP contribution is 2.27. The molecule has 1 unspecified atom stereocenters. The van der Waals surface area contributed by atoms with Crippen LogP contribution in [0.3, 0.4) is 0 Å². The number of piperidine rings is 1. The molecule has 108 valence electrons. The minimum Gasteiger partial charge on any atom is -0.453 e. The molecule has 1 aromatic heterocycles. The lowest BCUT2D eigenvalue weighted by molar-refractivity contribution is -0.00276. The van der Waals surface area contributed by atoms with Crippen LogP contribution in [-0.4, -0.2) is 37.2 Å². The predicted octanol–water partition coefficient (Wildman–Crippen LogP) is 2.93. The molecular formula is C14H23BrN2O2. The molecule has 1 atom stereocenters. The lowest BCUT2D eigenvalue weighted by atomic mass is 10.0. The molecule has 1 saturated heterocycles. The Bertz CT molecular complexity index is 375. The summed E-state index contributed by atoms with van der Waals surface area (Å²) in [5.74, 6) is 1.02. The summed E-state index contributed by atoms with van der Waals surface area (Å²) < 4.78 is 12.3. The number of likely N-dealkylation sites (tertiary alicyclic amines) is 1. The van der Waals surface area contributed by atoms with Crippen LogP contribution in [0.25, 0.3) is 0 Å². The van der Waals surface area contributed by atoms with E-state index in [1.165, 1.54) is 0 Å². The van der Waals surface area contributed by atoms with Crippen molar-refractivity contribution in [2.75, 3.05) is 26.2 Å². The van der Waals surface area contributed by atoms with Crippen molar-refractivity contribution in [3.8, 4) is 0 Å². The van der Waals surface area contributed by atoms with Crippen LogP contribution >= 0.6 is 15.9 Å². The molecule has 1 aliphatic heterocycles. The zero-order valence-corrected chi connectivity index (χ0v) is 13.1. The molecule has 0 saturated carbocycles. The van der Waals surface area contributed by atoms with Crippen LogP contribution in [0.1, 0.15) is 38.0 Å². The number of nitrogens with two attached hydrogens (primary N) is 1. The van der Waals surface area contributed by atoms with Crippen molar-refractivity contribution in [2.45, 2.75) is 38.3 Å². The Morgan fingerprint density at radius 2 is 2.21 bits per heavy atom. The fraction of sp³-hybridized carbons (Fsp3) is 0.714. The van der Waals surface area contributed by atoms with Crippen LogP contribution in [-0.2, 0) is 4.74 Å². The lowest BCUT2D eigenvalue weighted by Crippen LogP contribution is -2.38. The second kappa shape index (κ2) is 7.43. The Morgan fingerprint density at radius 1 is 1.47 bits per heavy atom. The molecule has 1 aliphatic rings. The van der Waals surface area contributed by atoms with E-state index >= 15 is 0 Å². The van der Waals surface area contributed by atoms with E-state index in [-0.39, 0.29) is 0 Å². The topological polar surface area (TPSA) is 51.6 Å². The van der Waals surface area contributed by atoms with Crippen LogP contribution < -0.4 is 5.73 Å². The average Bonchev–Trinajstić information content (AvgIpc) is 2.86. The van der Waals surface area contributed by atoms with E-state index < -0.39 is 0 Å². The second-order valence-corrected chi connectivity index (χ2v) is 5.85. The standard InChI is InChI=1S/C14H23BrN2O2/c1-11(13-3-4-14(15)19-13)17-8-5-12(6-9-17)18-10-2-7-16/h3-4,11-12H,2,5-10,16H2,1H3. The van der Waals surface area contributed by atoms with Crippen molar-refractivity contribution >= 4 is 15.9 Å². The van der Waals surface area contributed by atoms with E-state index in [0.29, 0.717) is 18.7 Å². The van der Waals surface area contributed by atoms with Gasteiger partial charge < -0.3 is 14.9 Å². The van der Waals surface area contributed by atoms with Crippen LogP contribution in [0.4, 0.5) is 0 Å². The molecule has 0 aliphatic carbocycles. The molecular weight excluding hydrogens is 308 g/mol. The van der Waals surface area contributed by atoms with E-state index in [1.54, 1.807) is 0 Å². The van der Waals surface area contributed by atoms with Crippen molar-refractivity contribution in [1.29, 1.82) is 0 Å². The van der Waals surface area contributed by atoms with Gasteiger partial charge in [0, 0.05) is 19.7 Å². The van der Waals surface area contributed by atoms with Gasteiger partial charge in [0.05, 0.1) is 12.1 Å². The summed E-state index contributed by atoms with van der Waals surface area (Å²) in [6, 6.07) is 4.32. The van der Waals surface area contributed by atoms with E-state index in [2.05, 4.69) is 27.8 Å². The first kappa shape index (κ1) is 15.0. The highest BCUT2D eigenvalue weighted by molar-refractivity contribution is 9.10. The molecule has 0 bridgehead atoms. The van der Waals surface area contributed by atoms with Crippen molar-refractivity contribution in [2.24, 2.45) is 5.73 Å². The van der Waals surface area contributed by atoms with Gasteiger partial charge in [0.25, 0.3) is 0 Å². The highest BCUT2D eigenvalue weighted by Gasteiger charge is 2.25. The summed E-state index contributed by atoms with van der Waals surface area (Å²) in [6.07, 6.45) is 3.54. The summed E-state index contributed by atoms with van der Waals surface area (Å²) in [4.78, 5) is 2.45. The summed E-state index contributed by atoms with van der Waals surface area (Å²) in [6.45, 7) is 5.82. The van der Waals surface area contributed by atoms with Crippen molar-refractivity contribution in [1.82, 2.24) is 4.90 Å². The Morgan fingerprint density at radius 3 is 2.79 bits per heavy atom. The Kier molecular flexibility index (Phi) is 5.88. The molecule has 0 aromatic carbocycles.